The zero-order valence-electron chi connectivity index (χ0n) is 15.2. The Morgan fingerprint density at radius 3 is 2.54 bits per heavy atom. The molecule has 0 aliphatic rings. The lowest BCUT2D eigenvalue weighted by atomic mass is 9.98. The molecule has 0 saturated carbocycles. The predicted octanol–water partition coefficient (Wildman–Crippen LogP) is 6.17. The van der Waals surface area contributed by atoms with Gasteiger partial charge in [-0.1, -0.05) is 59.2 Å². The van der Waals surface area contributed by atoms with Crippen LogP contribution in [0.15, 0.2) is 84.1 Å². The third-order valence-electron chi connectivity index (χ3n) is 4.65. The van der Waals surface area contributed by atoms with E-state index in [2.05, 4.69) is 15.5 Å². The SMILES string of the molecule is Cc1ccccc1C(=NO)c1ccc(Nc2ccnc3ccccc23)cc1Cl. The molecule has 0 fully saturated rings. The highest BCUT2D eigenvalue weighted by Crippen LogP contribution is 2.29. The summed E-state index contributed by atoms with van der Waals surface area (Å²) in [4.78, 5) is 4.38. The zero-order chi connectivity index (χ0) is 19.5. The summed E-state index contributed by atoms with van der Waals surface area (Å²) in [5, 5.41) is 18.0. The maximum absolute atomic E-state index is 9.61. The Balaban J connectivity index is 1.69. The van der Waals surface area contributed by atoms with Crippen molar-refractivity contribution in [3.05, 3.63) is 101 Å². The second-order valence-corrected chi connectivity index (χ2v) is 6.87. The van der Waals surface area contributed by atoms with Crippen molar-refractivity contribution in [1.82, 2.24) is 4.98 Å². The van der Waals surface area contributed by atoms with E-state index in [0.29, 0.717) is 16.3 Å². The van der Waals surface area contributed by atoms with E-state index in [1.165, 1.54) is 0 Å². The lowest BCUT2D eigenvalue weighted by Crippen LogP contribution is -2.06. The smallest absolute Gasteiger partial charge is 0.118 e. The predicted molar refractivity (Wildman–Crippen MR) is 115 cm³/mol. The van der Waals surface area contributed by atoms with E-state index < -0.39 is 0 Å². The molecule has 0 saturated heterocycles. The molecule has 0 aliphatic carbocycles. The number of hydrogen-bond acceptors (Lipinski definition) is 4. The minimum atomic E-state index is 0.448. The number of rotatable bonds is 4. The first-order valence-corrected chi connectivity index (χ1v) is 9.24. The van der Waals surface area contributed by atoms with Crippen LogP contribution in [-0.4, -0.2) is 15.9 Å². The maximum Gasteiger partial charge on any atom is 0.118 e. The fourth-order valence-corrected chi connectivity index (χ4v) is 3.51. The van der Waals surface area contributed by atoms with Gasteiger partial charge in [-0.3, -0.25) is 4.98 Å². The number of nitrogens with zero attached hydrogens (tertiary/aromatic N) is 2. The zero-order valence-corrected chi connectivity index (χ0v) is 16.0. The molecule has 0 atom stereocenters. The first-order chi connectivity index (χ1) is 13.7. The van der Waals surface area contributed by atoms with Gasteiger partial charge in [-0.05, 0) is 42.8 Å². The molecule has 0 spiro atoms. The second kappa shape index (κ2) is 7.71. The van der Waals surface area contributed by atoms with Gasteiger partial charge in [0.2, 0.25) is 0 Å². The fourth-order valence-electron chi connectivity index (χ4n) is 3.24. The number of aromatic nitrogens is 1. The van der Waals surface area contributed by atoms with Crippen molar-refractivity contribution in [2.75, 3.05) is 5.32 Å². The Morgan fingerprint density at radius 2 is 1.75 bits per heavy atom. The van der Waals surface area contributed by atoms with Crippen LogP contribution in [0.1, 0.15) is 16.7 Å². The minimum Gasteiger partial charge on any atom is -0.410 e. The monoisotopic (exact) mass is 387 g/mol. The summed E-state index contributed by atoms with van der Waals surface area (Å²) in [5.74, 6) is 0. The van der Waals surface area contributed by atoms with Crippen molar-refractivity contribution >= 4 is 39.6 Å². The number of fused-ring (bicyclic) bond motifs is 1. The van der Waals surface area contributed by atoms with Gasteiger partial charge in [0.15, 0.2) is 0 Å². The highest BCUT2D eigenvalue weighted by molar-refractivity contribution is 6.35. The van der Waals surface area contributed by atoms with Gasteiger partial charge in [0.25, 0.3) is 0 Å². The van der Waals surface area contributed by atoms with Crippen LogP contribution in [0.4, 0.5) is 11.4 Å². The van der Waals surface area contributed by atoms with Crippen LogP contribution in [0.3, 0.4) is 0 Å². The van der Waals surface area contributed by atoms with Gasteiger partial charge in [-0.25, -0.2) is 0 Å². The summed E-state index contributed by atoms with van der Waals surface area (Å²) < 4.78 is 0. The topological polar surface area (TPSA) is 57.5 Å². The lowest BCUT2D eigenvalue weighted by molar-refractivity contribution is 0.319. The quantitative estimate of drug-likeness (QED) is 0.250. The first-order valence-electron chi connectivity index (χ1n) is 8.86. The van der Waals surface area contributed by atoms with Crippen LogP contribution in [0, 0.1) is 6.92 Å². The highest BCUT2D eigenvalue weighted by Gasteiger charge is 2.14. The van der Waals surface area contributed by atoms with E-state index in [1.54, 1.807) is 6.20 Å². The molecule has 4 rings (SSSR count). The molecule has 28 heavy (non-hydrogen) atoms. The van der Waals surface area contributed by atoms with Crippen LogP contribution in [0.25, 0.3) is 10.9 Å². The van der Waals surface area contributed by atoms with Crippen molar-refractivity contribution in [2.45, 2.75) is 6.92 Å². The van der Waals surface area contributed by atoms with Crippen LogP contribution in [0.2, 0.25) is 5.02 Å². The maximum atomic E-state index is 9.61. The normalized spacial score (nSPS) is 11.6. The number of halogens is 1. The molecule has 0 unspecified atom stereocenters. The largest absolute Gasteiger partial charge is 0.410 e. The Bertz CT molecular complexity index is 1180. The second-order valence-electron chi connectivity index (χ2n) is 6.46. The fraction of sp³-hybridized carbons (Fsp3) is 0.0435. The van der Waals surface area contributed by atoms with Gasteiger partial charge in [0.05, 0.1) is 10.5 Å². The number of hydrogen-bond donors (Lipinski definition) is 2. The Morgan fingerprint density at radius 1 is 0.964 bits per heavy atom. The van der Waals surface area contributed by atoms with Gasteiger partial charge >= 0.3 is 0 Å². The van der Waals surface area contributed by atoms with E-state index in [1.807, 2.05) is 79.7 Å². The van der Waals surface area contributed by atoms with E-state index in [4.69, 9.17) is 11.6 Å². The van der Waals surface area contributed by atoms with Gasteiger partial charge in [0.1, 0.15) is 5.71 Å². The Labute approximate surface area is 168 Å². The molecule has 4 nitrogen and oxygen atoms in total. The van der Waals surface area contributed by atoms with Crippen LogP contribution in [-0.2, 0) is 0 Å². The van der Waals surface area contributed by atoms with E-state index >= 15 is 0 Å². The van der Waals surface area contributed by atoms with Crippen molar-refractivity contribution in [3.63, 3.8) is 0 Å². The first kappa shape index (κ1) is 18.0. The number of benzene rings is 3. The lowest BCUT2D eigenvalue weighted by Gasteiger charge is -2.13. The van der Waals surface area contributed by atoms with Crippen molar-refractivity contribution < 1.29 is 5.21 Å². The third kappa shape index (κ3) is 3.42. The standard InChI is InChI=1S/C23H18ClN3O/c1-15-6-2-3-7-17(15)23(27-28)18-11-10-16(14-20(18)24)26-22-12-13-25-21-9-5-4-8-19(21)22/h2-14,28H,1H3,(H,25,26). The Kier molecular flexibility index (Phi) is 4.96. The minimum absolute atomic E-state index is 0.448. The summed E-state index contributed by atoms with van der Waals surface area (Å²) >= 11 is 6.55. The van der Waals surface area contributed by atoms with E-state index in [0.717, 1.165) is 33.4 Å². The number of anilines is 2. The van der Waals surface area contributed by atoms with Gasteiger partial charge < -0.3 is 10.5 Å². The molecule has 0 radical (unpaired) electrons. The van der Waals surface area contributed by atoms with Crippen LogP contribution < -0.4 is 5.32 Å². The van der Waals surface area contributed by atoms with Crippen molar-refractivity contribution in [2.24, 2.45) is 5.16 Å². The number of pyridine rings is 1. The number of aryl methyl sites for hydroxylation is 1. The molecule has 5 heteroatoms. The third-order valence-corrected chi connectivity index (χ3v) is 4.97. The molecule has 1 heterocycles. The van der Waals surface area contributed by atoms with Crippen molar-refractivity contribution in [3.8, 4) is 0 Å². The number of nitrogens with one attached hydrogen (secondary N) is 1. The molecule has 4 aromatic rings. The molecular formula is C23H18ClN3O. The van der Waals surface area contributed by atoms with Gasteiger partial charge in [0, 0.05) is 34.1 Å². The van der Waals surface area contributed by atoms with Crippen molar-refractivity contribution in [1.29, 1.82) is 0 Å². The molecule has 2 N–H and O–H groups in total. The van der Waals surface area contributed by atoms with Gasteiger partial charge in [-0.2, -0.15) is 0 Å². The molecule has 0 bridgehead atoms. The summed E-state index contributed by atoms with van der Waals surface area (Å²) in [5.41, 5.74) is 5.68. The molecule has 1 aromatic heterocycles. The summed E-state index contributed by atoms with van der Waals surface area (Å²) in [6.45, 7) is 1.97. The number of oxime groups is 1. The molecular weight excluding hydrogens is 370 g/mol. The van der Waals surface area contributed by atoms with E-state index in [9.17, 15) is 5.21 Å². The summed E-state index contributed by atoms with van der Waals surface area (Å²) in [7, 11) is 0. The number of para-hydroxylation sites is 1. The molecule has 0 amide bonds. The average molecular weight is 388 g/mol. The molecule has 0 aliphatic heterocycles. The molecule has 138 valence electrons. The van der Waals surface area contributed by atoms with Crippen LogP contribution >= 0.6 is 11.6 Å². The Hall–Kier alpha value is -3.37. The summed E-state index contributed by atoms with van der Waals surface area (Å²) in [6.07, 6.45) is 1.77. The summed E-state index contributed by atoms with van der Waals surface area (Å²) in [6, 6.07) is 23.2. The average Bonchev–Trinajstić information content (AvgIpc) is 2.71. The highest BCUT2D eigenvalue weighted by atomic mass is 35.5. The molecule has 3 aromatic carbocycles. The van der Waals surface area contributed by atoms with E-state index in [-0.39, 0.29) is 0 Å². The van der Waals surface area contributed by atoms with Gasteiger partial charge in [-0.15, -0.1) is 0 Å². The van der Waals surface area contributed by atoms with Crippen LogP contribution in [0.5, 0.6) is 0 Å².